The van der Waals surface area contributed by atoms with Crippen molar-refractivity contribution in [1.29, 1.82) is 0 Å². The molecule has 5 nitrogen and oxygen atoms in total. The van der Waals surface area contributed by atoms with Crippen molar-refractivity contribution in [3.63, 3.8) is 0 Å². The lowest BCUT2D eigenvalue weighted by Gasteiger charge is -2.15. The van der Waals surface area contributed by atoms with E-state index in [9.17, 15) is 14.7 Å². The molecule has 0 rings (SSSR count). The lowest BCUT2D eigenvalue weighted by atomic mass is 10.0. The van der Waals surface area contributed by atoms with Crippen LogP contribution in [0.5, 0.6) is 0 Å². The van der Waals surface area contributed by atoms with Gasteiger partial charge in [-0.3, -0.25) is 9.59 Å². The normalized spacial score (nSPS) is 12.3. The molecule has 0 radical (unpaired) electrons. The highest BCUT2D eigenvalue weighted by Gasteiger charge is 2.16. The van der Waals surface area contributed by atoms with E-state index in [4.69, 9.17) is 9.47 Å². The van der Waals surface area contributed by atoms with Crippen molar-refractivity contribution in [3.05, 3.63) is 36.5 Å². The fraction of sp³-hybridized carbons (Fsp3) is 0.904. The molecule has 0 amide bonds. The maximum absolute atomic E-state index is 12.4. The summed E-state index contributed by atoms with van der Waals surface area (Å²) >= 11 is 0. The summed E-state index contributed by atoms with van der Waals surface area (Å²) in [6.45, 7) is 4.20. The van der Waals surface area contributed by atoms with E-state index in [0.29, 0.717) is 12.8 Å². The Morgan fingerprint density at radius 3 is 0.682 bits per heavy atom. The second-order valence-electron chi connectivity index (χ2n) is 27.8. The minimum absolute atomic E-state index is 0.0578. The predicted molar refractivity (Wildman–Crippen MR) is 390 cm³/mol. The molecule has 0 spiro atoms. The summed E-state index contributed by atoms with van der Waals surface area (Å²) in [5.74, 6) is -0.560. The van der Waals surface area contributed by atoms with Gasteiger partial charge in [-0.2, -0.15) is 0 Å². The van der Waals surface area contributed by atoms with Crippen LogP contribution in [0, 0.1) is 0 Å². The van der Waals surface area contributed by atoms with Crippen LogP contribution in [0.25, 0.3) is 0 Å². The SMILES string of the molecule is CCCCCCC/C=C\C/C=C\CCCCCCCCCCCCCCCCCCCCCCCCCCCCCCCC(=O)OC(CO)COC(=O)CCCCCCCCCCCCCCCCCCCCCCC/C=C\CCCCCCCCCC. The van der Waals surface area contributed by atoms with E-state index >= 15 is 0 Å². The molecule has 0 bridgehead atoms. The molecule has 0 aromatic carbocycles. The number of rotatable bonds is 77. The summed E-state index contributed by atoms with van der Waals surface area (Å²) in [6.07, 6.45) is 107. The molecular formula is C83H158O5. The zero-order valence-corrected chi connectivity index (χ0v) is 60.0. The van der Waals surface area contributed by atoms with Crippen molar-refractivity contribution in [1.82, 2.24) is 0 Å². The number of hydrogen-bond acceptors (Lipinski definition) is 5. The summed E-state index contributed by atoms with van der Waals surface area (Å²) in [4.78, 5) is 24.7. The Kier molecular flexibility index (Phi) is 77.7. The third-order valence-corrected chi connectivity index (χ3v) is 18.9. The number of ether oxygens (including phenoxy) is 2. The first kappa shape index (κ1) is 86.1. The molecule has 0 fully saturated rings. The number of esters is 2. The van der Waals surface area contributed by atoms with Gasteiger partial charge in [0.1, 0.15) is 6.61 Å². The van der Waals surface area contributed by atoms with Crippen LogP contribution in [0.15, 0.2) is 36.5 Å². The molecule has 88 heavy (non-hydrogen) atoms. The van der Waals surface area contributed by atoms with Crippen molar-refractivity contribution >= 4 is 11.9 Å². The fourth-order valence-corrected chi connectivity index (χ4v) is 12.8. The zero-order valence-electron chi connectivity index (χ0n) is 60.0. The van der Waals surface area contributed by atoms with Crippen molar-refractivity contribution in [2.24, 2.45) is 0 Å². The fourth-order valence-electron chi connectivity index (χ4n) is 12.8. The second-order valence-corrected chi connectivity index (χ2v) is 27.8. The smallest absolute Gasteiger partial charge is 0.306 e. The highest BCUT2D eigenvalue weighted by Crippen LogP contribution is 2.20. The predicted octanol–water partition coefficient (Wildman–Crippen LogP) is 28.4. The molecule has 0 saturated heterocycles. The van der Waals surface area contributed by atoms with Crippen LogP contribution in [0.1, 0.15) is 463 Å². The van der Waals surface area contributed by atoms with Crippen LogP contribution in [0.3, 0.4) is 0 Å². The minimum atomic E-state index is -0.769. The number of unbranched alkanes of at least 4 members (excludes halogenated alkanes) is 63. The van der Waals surface area contributed by atoms with E-state index < -0.39 is 6.10 Å². The topological polar surface area (TPSA) is 72.8 Å². The molecule has 0 aliphatic rings. The second kappa shape index (κ2) is 79.4. The average Bonchev–Trinajstić information content (AvgIpc) is 3.56. The third-order valence-electron chi connectivity index (χ3n) is 18.9. The molecule has 520 valence electrons. The standard InChI is InChI=1S/C83H158O5/c1-3-5-7-9-11-13-15-17-19-21-23-25-27-29-31-33-35-37-38-39-40-41-42-43-44-46-48-50-52-54-56-58-60-62-64-66-68-70-72-74-76-78-83(86)88-81(79-84)80-87-82(85)77-75-73-71-69-67-65-63-61-59-57-55-53-51-49-47-45-36-34-32-30-28-26-24-22-20-18-16-14-12-10-8-6-4-2/h15,17,21-24,81,84H,3-14,16,18-20,25-80H2,1-2H3/b17-15-,23-21-,24-22-. The Morgan fingerprint density at radius 2 is 0.455 bits per heavy atom. The Bertz CT molecular complexity index is 1400. The Morgan fingerprint density at radius 1 is 0.261 bits per heavy atom. The zero-order chi connectivity index (χ0) is 63.3. The maximum atomic E-state index is 12.4. The van der Waals surface area contributed by atoms with E-state index in [1.54, 1.807) is 0 Å². The Balaban J connectivity index is 3.35. The van der Waals surface area contributed by atoms with Crippen molar-refractivity contribution < 1.29 is 24.2 Å². The van der Waals surface area contributed by atoms with E-state index in [2.05, 4.69) is 50.3 Å². The van der Waals surface area contributed by atoms with Crippen LogP contribution >= 0.6 is 0 Å². The molecule has 0 aliphatic heterocycles. The Labute approximate surface area is 552 Å². The van der Waals surface area contributed by atoms with Gasteiger partial charge in [0.15, 0.2) is 6.10 Å². The monoisotopic (exact) mass is 1240 g/mol. The molecule has 0 saturated carbocycles. The molecule has 5 heteroatoms. The van der Waals surface area contributed by atoms with Gasteiger partial charge in [0.05, 0.1) is 6.61 Å². The van der Waals surface area contributed by atoms with Crippen LogP contribution in [0.4, 0.5) is 0 Å². The van der Waals surface area contributed by atoms with Crippen molar-refractivity contribution in [2.75, 3.05) is 13.2 Å². The number of allylic oxidation sites excluding steroid dienone is 6. The molecule has 1 unspecified atom stereocenters. The lowest BCUT2D eigenvalue weighted by molar-refractivity contribution is -0.161. The van der Waals surface area contributed by atoms with Crippen LogP contribution in [-0.4, -0.2) is 36.4 Å². The minimum Gasteiger partial charge on any atom is -0.462 e. The molecule has 0 aromatic rings. The highest BCUT2D eigenvalue weighted by molar-refractivity contribution is 5.70. The van der Waals surface area contributed by atoms with E-state index in [1.165, 1.54) is 398 Å². The van der Waals surface area contributed by atoms with Crippen LogP contribution < -0.4 is 0 Å². The van der Waals surface area contributed by atoms with Gasteiger partial charge in [0, 0.05) is 12.8 Å². The van der Waals surface area contributed by atoms with Crippen LogP contribution in [-0.2, 0) is 19.1 Å². The van der Waals surface area contributed by atoms with Gasteiger partial charge in [-0.05, 0) is 70.6 Å². The number of aliphatic hydroxyl groups excluding tert-OH is 1. The Hall–Kier alpha value is -1.88. The summed E-state index contributed by atoms with van der Waals surface area (Å²) in [5, 5.41) is 9.73. The van der Waals surface area contributed by atoms with Gasteiger partial charge >= 0.3 is 11.9 Å². The summed E-state index contributed by atoms with van der Waals surface area (Å²) < 4.78 is 10.8. The van der Waals surface area contributed by atoms with E-state index in [-0.39, 0.29) is 25.2 Å². The van der Waals surface area contributed by atoms with Gasteiger partial charge in [-0.1, -0.05) is 416 Å². The van der Waals surface area contributed by atoms with E-state index in [1.807, 2.05) is 0 Å². The van der Waals surface area contributed by atoms with Gasteiger partial charge in [0.2, 0.25) is 0 Å². The maximum Gasteiger partial charge on any atom is 0.306 e. The summed E-state index contributed by atoms with van der Waals surface area (Å²) in [6, 6.07) is 0. The van der Waals surface area contributed by atoms with Gasteiger partial charge in [-0.15, -0.1) is 0 Å². The van der Waals surface area contributed by atoms with Gasteiger partial charge in [0.25, 0.3) is 0 Å². The molecule has 1 N–H and O–H groups in total. The van der Waals surface area contributed by atoms with Crippen LogP contribution in [0.2, 0.25) is 0 Å². The number of aliphatic hydroxyl groups is 1. The molecular weight excluding hydrogens is 1080 g/mol. The van der Waals surface area contributed by atoms with Crippen molar-refractivity contribution in [3.8, 4) is 0 Å². The molecule has 0 heterocycles. The van der Waals surface area contributed by atoms with Gasteiger partial charge < -0.3 is 14.6 Å². The van der Waals surface area contributed by atoms with Crippen molar-refractivity contribution in [2.45, 2.75) is 469 Å². The molecule has 1 atom stereocenters. The van der Waals surface area contributed by atoms with E-state index in [0.717, 1.165) is 38.5 Å². The molecule has 0 aliphatic carbocycles. The quantitative estimate of drug-likeness (QED) is 0.0373. The largest absolute Gasteiger partial charge is 0.462 e. The summed E-state index contributed by atoms with van der Waals surface area (Å²) in [5.41, 5.74) is 0. The number of carbonyl (C=O) groups excluding carboxylic acids is 2. The average molecular weight is 1240 g/mol. The van der Waals surface area contributed by atoms with Gasteiger partial charge in [-0.25, -0.2) is 0 Å². The summed E-state index contributed by atoms with van der Waals surface area (Å²) in [7, 11) is 0. The number of hydrogen-bond donors (Lipinski definition) is 1. The number of carbonyl (C=O) groups is 2. The molecule has 0 aromatic heterocycles. The highest BCUT2D eigenvalue weighted by atomic mass is 16.6. The first-order valence-electron chi connectivity index (χ1n) is 40.5. The lowest BCUT2D eigenvalue weighted by Crippen LogP contribution is -2.28. The first-order chi connectivity index (χ1) is 43.6. The third kappa shape index (κ3) is 76.6. The first-order valence-corrected chi connectivity index (χ1v) is 40.5.